The van der Waals surface area contributed by atoms with Crippen LogP contribution in [-0.2, 0) is 0 Å². The number of aliphatic hydroxyl groups excluding tert-OH is 3. The van der Waals surface area contributed by atoms with Gasteiger partial charge in [-0.2, -0.15) is 0 Å². The zero-order valence-electron chi connectivity index (χ0n) is 5.38. The van der Waals surface area contributed by atoms with Crippen molar-refractivity contribution in [3.05, 3.63) is 12.2 Å². The van der Waals surface area contributed by atoms with Gasteiger partial charge in [0, 0.05) is 0 Å². The standard InChI is InChI=1S/C6H11NO3/c7-3-1-2-4(8)6(10)5(3)9/h1-6,8-10H,7H2/t3-,4-,5+,6-/m1/s1. The van der Waals surface area contributed by atoms with Gasteiger partial charge in [0.25, 0.3) is 0 Å². The molecule has 4 heteroatoms. The second kappa shape index (κ2) is 2.67. The third-order valence-electron chi connectivity index (χ3n) is 1.62. The Morgan fingerprint density at radius 3 is 2.10 bits per heavy atom. The quantitative estimate of drug-likeness (QED) is 0.296. The molecule has 4 atom stereocenters. The Morgan fingerprint density at radius 2 is 1.60 bits per heavy atom. The van der Waals surface area contributed by atoms with Crippen molar-refractivity contribution in [2.75, 3.05) is 0 Å². The van der Waals surface area contributed by atoms with E-state index in [0.29, 0.717) is 0 Å². The van der Waals surface area contributed by atoms with E-state index < -0.39 is 24.4 Å². The first-order chi connectivity index (χ1) is 4.63. The molecule has 0 fully saturated rings. The predicted octanol–water partition coefficient (Wildman–Crippen LogP) is -2.03. The van der Waals surface area contributed by atoms with Crippen LogP contribution in [0.4, 0.5) is 0 Å². The number of aliphatic hydroxyl groups is 3. The summed E-state index contributed by atoms with van der Waals surface area (Å²) in [5.41, 5.74) is 5.32. The summed E-state index contributed by atoms with van der Waals surface area (Å²) in [4.78, 5) is 0. The molecular formula is C6H11NO3. The van der Waals surface area contributed by atoms with E-state index in [1.807, 2.05) is 0 Å². The van der Waals surface area contributed by atoms with Crippen LogP contribution in [-0.4, -0.2) is 39.7 Å². The number of nitrogens with two attached hydrogens (primary N) is 1. The molecule has 0 saturated carbocycles. The lowest BCUT2D eigenvalue weighted by Crippen LogP contribution is -2.49. The zero-order chi connectivity index (χ0) is 7.72. The van der Waals surface area contributed by atoms with Crippen molar-refractivity contribution >= 4 is 0 Å². The maximum Gasteiger partial charge on any atom is 0.111 e. The topological polar surface area (TPSA) is 86.7 Å². The van der Waals surface area contributed by atoms with Crippen LogP contribution in [0.25, 0.3) is 0 Å². The van der Waals surface area contributed by atoms with Crippen LogP contribution in [0.5, 0.6) is 0 Å². The molecule has 0 aromatic heterocycles. The van der Waals surface area contributed by atoms with Crippen molar-refractivity contribution < 1.29 is 15.3 Å². The molecule has 0 spiro atoms. The highest BCUT2D eigenvalue weighted by Gasteiger charge is 2.30. The lowest BCUT2D eigenvalue weighted by Gasteiger charge is -2.28. The molecule has 0 radical (unpaired) electrons. The fraction of sp³-hybridized carbons (Fsp3) is 0.667. The van der Waals surface area contributed by atoms with Crippen molar-refractivity contribution in [2.24, 2.45) is 5.73 Å². The molecule has 58 valence electrons. The molecule has 0 bridgehead atoms. The predicted molar refractivity (Wildman–Crippen MR) is 35.1 cm³/mol. The molecule has 0 heterocycles. The number of hydrogen-bond acceptors (Lipinski definition) is 4. The Hall–Kier alpha value is -0.420. The van der Waals surface area contributed by atoms with E-state index in [-0.39, 0.29) is 0 Å². The molecule has 1 rings (SSSR count). The highest BCUT2D eigenvalue weighted by atomic mass is 16.4. The fourth-order valence-corrected chi connectivity index (χ4v) is 0.900. The van der Waals surface area contributed by atoms with E-state index in [0.717, 1.165) is 0 Å². The minimum absolute atomic E-state index is 0.571. The monoisotopic (exact) mass is 145 g/mol. The summed E-state index contributed by atoms with van der Waals surface area (Å²) >= 11 is 0. The van der Waals surface area contributed by atoms with Gasteiger partial charge in [0.1, 0.15) is 18.3 Å². The molecule has 1 aliphatic carbocycles. The normalized spacial score (nSPS) is 47.6. The van der Waals surface area contributed by atoms with Crippen molar-refractivity contribution in [1.29, 1.82) is 0 Å². The van der Waals surface area contributed by atoms with Gasteiger partial charge in [0.2, 0.25) is 0 Å². The van der Waals surface area contributed by atoms with Crippen LogP contribution in [0.2, 0.25) is 0 Å². The van der Waals surface area contributed by atoms with Crippen LogP contribution in [0.15, 0.2) is 12.2 Å². The summed E-state index contributed by atoms with van der Waals surface area (Å²) in [7, 11) is 0. The first kappa shape index (κ1) is 7.68. The summed E-state index contributed by atoms with van der Waals surface area (Å²) < 4.78 is 0. The molecule has 0 aliphatic heterocycles. The van der Waals surface area contributed by atoms with Crippen molar-refractivity contribution in [1.82, 2.24) is 0 Å². The maximum absolute atomic E-state index is 9.03. The molecule has 1 aliphatic rings. The van der Waals surface area contributed by atoms with Gasteiger partial charge >= 0.3 is 0 Å². The smallest absolute Gasteiger partial charge is 0.111 e. The summed E-state index contributed by atoms with van der Waals surface area (Å²) in [5, 5.41) is 26.9. The summed E-state index contributed by atoms with van der Waals surface area (Å²) in [6.45, 7) is 0. The second-order valence-corrected chi connectivity index (χ2v) is 2.43. The van der Waals surface area contributed by atoms with Gasteiger partial charge in [-0.25, -0.2) is 0 Å². The van der Waals surface area contributed by atoms with Crippen LogP contribution in [0, 0.1) is 0 Å². The third-order valence-corrected chi connectivity index (χ3v) is 1.62. The van der Waals surface area contributed by atoms with E-state index in [4.69, 9.17) is 21.1 Å². The summed E-state index contributed by atoms with van der Waals surface area (Å²) in [6.07, 6.45) is -0.348. The Kier molecular flexibility index (Phi) is 2.05. The van der Waals surface area contributed by atoms with Gasteiger partial charge in [-0.1, -0.05) is 12.2 Å². The molecule has 4 nitrogen and oxygen atoms in total. The summed E-state index contributed by atoms with van der Waals surface area (Å²) in [5.74, 6) is 0. The Morgan fingerprint density at radius 1 is 1.00 bits per heavy atom. The van der Waals surface area contributed by atoms with E-state index in [1.165, 1.54) is 12.2 Å². The molecule has 0 aromatic rings. The average molecular weight is 145 g/mol. The van der Waals surface area contributed by atoms with Crippen molar-refractivity contribution in [3.63, 3.8) is 0 Å². The number of hydrogen-bond donors (Lipinski definition) is 4. The summed E-state index contributed by atoms with van der Waals surface area (Å²) in [6, 6.07) is -0.571. The Balaban J connectivity index is 2.69. The molecule has 0 amide bonds. The molecule has 0 unspecified atom stereocenters. The highest BCUT2D eigenvalue weighted by molar-refractivity contribution is 5.09. The van der Waals surface area contributed by atoms with Gasteiger partial charge in [-0.05, 0) is 0 Å². The lowest BCUT2D eigenvalue weighted by atomic mass is 9.95. The van der Waals surface area contributed by atoms with Crippen molar-refractivity contribution in [2.45, 2.75) is 24.4 Å². The Bertz CT molecular complexity index is 132. The average Bonchev–Trinajstić information content (AvgIpc) is 1.93. The van der Waals surface area contributed by atoms with Gasteiger partial charge in [0.05, 0.1) is 6.04 Å². The Labute approximate surface area is 58.6 Å². The van der Waals surface area contributed by atoms with E-state index in [1.54, 1.807) is 0 Å². The van der Waals surface area contributed by atoms with Crippen molar-refractivity contribution in [3.8, 4) is 0 Å². The molecule has 10 heavy (non-hydrogen) atoms. The van der Waals surface area contributed by atoms with Crippen LogP contribution < -0.4 is 5.73 Å². The van der Waals surface area contributed by atoms with Crippen LogP contribution in [0.3, 0.4) is 0 Å². The SMILES string of the molecule is N[C@@H]1C=C[C@@H](O)[C@@H](O)[C@H]1O. The third kappa shape index (κ3) is 1.19. The molecule has 0 saturated heterocycles. The number of rotatable bonds is 0. The van der Waals surface area contributed by atoms with E-state index in [9.17, 15) is 0 Å². The van der Waals surface area contributed by atoms with Gasteiger partial charge in [-0.15, -0.1) is 0 Å². The second-order valence-electron chi connectivity index (χ2n) is 2.43. The maximum atomic E-state index is 9.03. The minimum atomic E-state index is -1.15. The van der Waals surface area contributed by atoms with Gasteiger partial charge in [-0.3, -0.25) is 0 Å². The molecular weight excluding hydrogens is 134 g/mol. The van der Waals surface area contributed by atoms with Gasteiger partial charge < -0.3 is 21.1 Å². The first-order valence-electron chi connectivity index (χ1n) is 3.11. The van der Waals surface area contributed by atoms with E-state index >= 15 is 0 Å². The largest absolute Gasteiger partial charge is 0.388 e. The zero-order valence-corrected chi connectivity index (χ0v) is 5.38. The fourth-order valence-electron chi connectivity index (χ4n) is 0.900. The first-order valence-corrected chi connectivity index (χ1v) is 3.11. The minimum Gasteiger partial charge on any atom is -0.388 e. The molecule has 0 aromatic carbocycles. The molecule has 5 N–H and O–H groups in total. The van der Waals surface area contributed by atoms with E-state index in [2.05, 4.69) is 0 Å². The van der Waals surface area contributed by atoms with Gasteiger partial charge in [0.15, 0.2) is 0 Å². The van der Waals surface area contributed by atoms with Crippen LogP contribution in [0.1, 0.15) is 0 Å². The highest BCUT2D eigenvalue weighted by Crippen LogP contribution is 2.11. The lowest BCUT2D eigenvalue weighted by molar-refractivity contribution is -0.0518. The van der Waals surface area contributed by atoms with Crippen LogP contribution >= 0.6 is 0 Å².